The number of rotatable bonds is 5. The summed E-state index contributed by atoms with van der Waals surface area (Å²) >= 11 is 12.3. The van der Waals surface area contributed by atoms with Gasteiger partial charge in [-0.15, -0.1) is 0 Å². The molecule has 0 aliphatic rings. The van der Waals surface area contributed by atoms with Crippen LogP contribution >= 0.6 is 23.2 Å². The lowest BCUT2D eigenvalue weighted by Gasteiger charge is -2.12. The van der Waals surface area contributed by atoms with Gasteiger partial charge in [0.15, 0.2) is 0 Å². The highest BCUT2D eigenvalue weighted by Crippen LogP contribution is 2.29. The van der Waals surface area contributed by atoms with E-state index in [1.54, 1.807) is 6.07 Å². The van der Waals surface area contributed by atoms with Gasteiger partial charge in [0.25, 0.3) is 0 Å². The van der Waals surface area contributed by atoms with E-state index in [1.165, 1.54) is 0 Å². The van der Waals surface area contributed by atoms with Crippen LogP contribution in [0.3, 0.4) is 0 Å². The molecule has 0 atom stereocenters. The minimum Gasteiger partial charge on any atom is -0.457 e. The quantitative estimate of drug-likeness (QED) is 0.547. The molecule has 0 unspecified atom stereocenters. The van der Waals surface area contributed by atoms with Gasteiger partial charge in [-0.1, -0.05) is 53.5 Å². The summed E-state index contributed by atoms with van der Waals surface area (Å²) in [4.78, 5) is 0. The van der Waals surface area contributed by atoms with E-state index in [0.717, 1.165) is 28.3 Å². The highest BCUT2D eigenvalue weighted by atomic mass is 35.5. The van der Waals surface area contributed by atoms with Crippen LogP contribution in [-0.2, 0) is 6.54 Å². The van der Waals surface area contributed by atoms with Crippen molar-refractivity contribution in [3.8, 4) is 11.5 Å². The van der Waals surface area contributed by atoms with E-state index in [2.05, 4.69) is 11.4 Å². The van der Waals surface area contributed by atoms with Gasteiger partial charge in [0.2, 0.25) is 0 Å². The second kappa shape index (κ2) is 7.61. The Bertz CT molecular complexity index is 834. The summed E-state index contributed by atoms with van der Waals surface area (Å²) in [6.45, 7) is 2.63. The summed E-state index contributed by atoms with van der Waals surface area (Å²) in [5.41, 5.74) is 3.02. The summed E-state index contributed by atoms with van der Waals surface area (Å²) in [5.74, 6) is 1.67. The molecule has 122 valence electrons. The van der Waals surface area contributed by atoms with Gasteiger partial charge in [-0.2, -0.15) is 0 Å². The first-order chi connectivity index (χ1) is 11.6. The first-order valence-corrected chi connectivity index (χ1v) is 8.39. The lowest BCUT2D eigenvalue weighted by atomic mass is 10.1. The zero-order chi connectivity index (χ0) is 16.9. The fraction of sp³-hybridized carbons (Fsp3) is 0.100. The van der Waals surface area contributed by atoms with Crippen molar-refractivity contribution in [2.75, 3.05) is 5.32 Å². The van der Waals surface area contributed by atoms with E-state index < -0.39 is 0 Å². The summed E-state index contributed by atoms with van der Waals surface area (Å²) in [7, 11) is 0. The summed E-state index contributed by atoms with van der Waals surface area (Å²) in [6, 6.07) is 21.4. The average Bonchev–Trinajstić information content (AvgIpc) is 2.59. The van der Waals surface area contributed by atoms with Crippen molar-refractivity contribution in [1.82, 2.24) is 0 Å². The molecule has 24 heavy (non-hydrogen) atoms. The second-order valence-electron chi connectivity index (χ2n) is 5.46. The molecular formula is C20H17Cl2NO. The van der Waals surface area contributed by atoms with Gasteiger partial charge in [-0.05, 0) is 54.4 Å². The Morgan fingerprint density at radius 2 is 1.71 bits per heavy atom. The van der Waals surface area contributed by atoms with Gasteiger partial charge in [0, 0.05) is 12.2 Å². The minimum absolute atomic E-state index is 0.568. The van der Waals surface area contributed by atoms with Crippen LogP contribution in [-0.4, -0.2) is 0 Å². The van der Waals surface area contributed by atoms with Crippen LogP contribution in [0.2, 0.25) is 10.0 Å². The smallest absolute Gasteiger partial charge is 0.130 e. The van der Waals surface area contributed by atoms with Crippen LogP contribution in [0.15, 0.2) is 66.7 Å². The van der Waals surface area contributed by atoms with Crippen LogP contribution in [0.4, 0.5) is 5.69 Å². The Labute approximate surface area is 152 Å². The van der Waals surface area contributed by atoms with Crippen molar-refractivity contribution in [2.45, 2.75) is 13.5 Å². The van der Waals surface area contributed by atoms with E-state index in [1.807, 2.05) is 61.5 Å². The molecule has 0 fully saturated rings. The number of hydrogen-bond acceptors (Lipinski definition) is 2. The molecule has 0 saturated carbocycles. The van der Waals surface area contributed by atoms with Crippen molar-refractivity contribution in [3.05, 3.63) is 87.9 Å². The average molecular weight is 358 g/mol. The third-order valence-corrected chi connectivity index (χ3v) is 4.52. The summed E-state index contributed by atoms with van der Waals surface area (Å²) < 4.78 is 5.90. The molecule has 0 aliphatic carbocycles. The van der Waals surface area contributed by atoms with Crippen LogP contribution in [0.25, 0.3) is 0 Å². The monoisotopic (exact) mass is 357 g/mol. The Hall–Kier alpha value is -2.16. The summed E-state index contributed by atoms with van der Waals surface area (Å²) in [6.07, 6.45) is 0. The number of ether oxygens (including phenoxy) is 1. The maximum absolute atomic E-state index is 6.21. The van der Waals surface area contributed by atoms with Crippen LogP contribution in [0, 0.1) is 6.92 Å². The van der Waals surface area contributed by atoms with Crippen molar-refractivity contribution in [2.24, 2.45) is 0 Å². The summed E-state index contributed by atoms with van der Waals surface area (Å²) in [5, 5.41) is 4.52. The molecule has 0 amide bonds. The Balaban J connectivity index is 1.69. The fourth-order valence-corrected chi connectivity index (χ4v) is 2.76. The Morgan fingerprint density at radius 3 is 2.46 bits per heavy atom. The predicted molar refractivity (Wildman–Crippen MR) is 101 cm³/mol. The third kappa shape index (κ3) is 4.02. The number of halogens is 2. The van der Waals surface area contributed by atoms with Gasteiger partial charge in [0.1, 0.15) is 11.5 Å². The van der Waals surface area contributed by atoms with Crippen LogP contribution in [0.5, 0.6) is 11.5 Å². The molecule has 0 aliphatic heterocycles. The molecular weight excluding hydrogens is 341 g/mol. The van der Waals surface area contributed by atoms with E-state index in [4.69, 9.17) is 27.9 Å². The molecule has 0 heterocycles. The van der Waals surface area contributed by atoms with Crippen LogP contribution < -0.4 is 10.1 Å². The Morgan fingerprint density at radius 1 is 0.917 bits per heavy atom. The number of benzene rings is 3. The predicted octanol–water partition coefficient (Wildman–Crippen LogP) is 6.71. The number of para-hydroxylation sites is 1. The van der Waals surface area contributed by atoms with E-state index >= 15 is 0 Å². The molecule has 0 aromatic heterocycles. The highest BCUT2D eigenvalue weighted by Gasteiger charge is 2.06. The molecule has 4 heteroatoms. The molecule has 3 rings (SSSR count). The molecule has 1 N–H and O–H groups in total. The first kappa shape index (κ1) is 16.7. The zero-order valence-corrected chi connectivity index (χ0v) is 14.7. The van der Waals surface area contributed by atoms with Gasteiger partial charge in [0.05, 0.1) is 10.0 Å². The number of hydrogen-bond donors (Lipinski definition) is 1. The molecule has 3 aromatic rings. The van der Waals surface area contributed by atoms with E-state index in [-0.39, 0.29) is 0 Å². The standard InChI is InChI=1S/C20H17Cl2NO/c1-14-12-16(23-13-15-6-5-9-18(21)20(15)22)10-11-19(14)24-17-7-3-2-4-8-17/h2-12,23H,13H2,1H3. The van der Waals surface area contributed by atoms with Crippen molar-refractivity contribution < 1.29 is 4.74 Å². The van der Waals surface area contributed by atoms with Crippen molar-refractivity contribution in [3.63, 3.8) is 0 Å². The topological polar surface area (TPSA) is 21.3 Å². The maximum Gasteiger partial charge on any atom is 0.130 e. The Kier molecular flexibility index (Phi) is 5.29. The zero-order valence-electron chi connectivity index (χ0n) is 13.2. The van der Waals surface area contributed by atoms with Gasteiger partial charge in [-0.25, -0.2) is 0 Å². The maximum atomic E-state index is 6.21. The van der Waals surface area contributed by atoms with E-state index in [0.29, 0.717) is 16.6 Å². The second-order valence-corrected chi connectivity index (χ2v) is 6.25. The molecule has 0 radical (unpaired) electrons. The van der Waals surface area contributed by atoms with Crippen molar-refractivity contribution >= 4 is 28.9 Å². The third-order valence-electron chi connectivity index (χ3n) is 3.66. The highest BCUT2D eigenvalue weighted by molar-refractivity contribution is 6.42. The lowest BCUT2D eigenvalue weighted by molar-refractivity contribution is 0.479. The lowest BCUT2D eigenvalue weighted by Crippen LogP contribution is -2.00. The number of anilines is 1. The molecule has 0 saturated heterocycles. The molecule has 2 nitrogen and oxygen atoms in total. The van der Waals surface area contributed by atoms with Crippen molar-refractivity contribution in [1.29, 1.82) is 0 Å². The van der Waals surface area contributed by atoms with E-state index in [9.17, 15) is 0 Å². The molecule has 0 spiro atoms. The largest absolute Gasteiger partial charge is 0.457 e. The van der Waals surface area contributed by atoms with Gasteiger partial charge in [-0.3, -0.25) is 0 Å². The molecule has 0 bridgehead atoms. The SMILES string of the molecule is Cc1cc(NCc2cccc(Cl)c2Cl)ccc1Oc1ccccc1. The fourth-order valence-electron chi connectivity index (χ4n) is 2.37. The molecule has 3 aromatic carbocycles. The number of aryl methyl sites for hydroxylation is 1. The normalized spacial score (nSPS) is 10.5. The van der Waals surface area contributed by atoms with Gasteiger partial charge >= 0.3 is 0 Å². The first-order valence-electron chi connectivity index (χ1n) is 7.64. The van der Waals surface area contributed by atoms with Gasteiger partial charge < -0.3 is 10.1 Å². The minimum atomic E-state index is 0.568. The van der Waals surface area contributed by atoms with Crippen LogP contribution in [0.1, 0.15) is 11.1 Å². The number of nitrogens with one attached hydrogen (secondary N) is 1.